The van der Waals surface area contributed by atoms with E-state index in [-0.39, 0.29) is 16.9 Å². The Morgan fingerprint density at radius 1 is 1.00 bits per heavy atom. The topological polar surface area (TPSA) is 125 Å². The molecule has 0 spiro atoms. The maximum absolute atomic E-state index is 11.5. The summed E-state index contributed by atoms with van der Waals surface area (Å²) in [6, 6.07) is 4.02. The SMILES string of the molecule is COC(=O)c1cc(NC(=O)CO)cc(NC(=O)CO)c1. The summed E-state index contributed by atoms with van der Waals surface area (Å²) in [4.78, 5) is 33.7. The van der Waals surface area contributed by atoms with Gasteiger partial charge in [0.05, 0.1) is 12.7 Å². The van der Waals surface area contributed by atoms with Gasteiger partial charge in [0.15, 0.2) is 0 Å². The lowest BCUT2D eigenvalue weighted by molar-refractivity contribution is -0.119. The molecule has 8 heteroatoms. The Morgan fingerprint density at radius 3 is 1.80 bits per heavy atom. The van der Waals surface area contributed by atoms with Crippen LogP contribution in [-0.4, -0.2) is 48.3 Å². The highest BCUT2D eigenvalue weighted by Gasteiger charge is 2.11. The Kier molecular flexibility index (Phi) is 5.63. The Bertz CT molecular complexity index is 492. The molecule has 0 saturated carbocycles. The number of esters is 1. The van der Waals surface area contributed by atoms with Gasteiger partial charge in [-0.2, -0.15) is 0 Å². The molecule has 0 bridgehead atoms. The molecule has 2 amide bonds. The molecule has 0 aromatic heterocycles. The average Bonchev–Trinajstić information content (AvgIpc) is 2.45. The number of methoxy groups -OCH3 is 1. The zero-order valence-electron chi connectivity index (χ0n) is 10.7. The molecule has 1 rings (SSSR count). The minimum absolute atomic E-state index is 0.0940. The predicted octanol–water partition coefficient (Wildman–Crippen LogP) is -0.665. The van der Waals surface area contributed by atoms with Crippen LogP contribution in [0.2, 0.25) is 0 Å². The molecule has 0 saturated heterocycles. The zero-order valence-corrected chi connectivity index (χ0v) is 10.7. The molecule has 1 aromatic rings. The van der Waals surface area contributed by atoms with Crippen LogP contribution >= 0.6 is 0 Å². The standard InChI is InChI=1S/C12H14N2O6/c1-20-12(19)7-2-8(13-10(17)5-15)4-9(3-7)14-11(18)6-16/h2-4,15-16H,5-6H2,1H3,(H,13,17)(H,14,18). The van der Waals surface area contributed by atoms with Crippen LogP contribution in [0, 0.1) is 0 Å². The lowest BCUT2D eigenvalue weighted by atomic mass is 10.1. The number of benzene rings is 1. The third-order valence-electron chi connectivity index (χ3n) is 2.21. The second-order valence-electron chi connectivity index (χ2n) is 3.70. The van der Waals surface area contributed by atoms with E-state index in [0.29, 0.717) is 0 Å². The van der Waals surface area contributed by atoms with Crippen molar-refractivity contribution in [3.63, 3.8) is 0 Å². The maximum Gasteiger partial charge on any atom is 0.337 e. The first-order valence-electron chi connectivity index (χ1n) is 5.55. The fraction of sp³-hybridized carbons (Fsp3) is 0.250. The Morgan fingerprint density at radius 2 is 1.45 bits per heavy atom. The van der Waals surface area contributed by atoms with Crippen molar-refractivity contribution in [1.82, 2.24) is 0 Å². The van der Waals surface area contributed by atoms with Gasteiger partial charge in [-0.05, 0) is 18.2 Å². The number of carbonyl (C=O) groups excluding carboxylic acids is 3. The number of aliphatic hydroxyl groups excluding tert-OH is 2. The number of ether oxygens (including phenoxy) is 1. The van der Waals surface area contributed by atoms with Crippen molar-refractivity contribution in [3.05, 3.63) is 23.8 Å². The normalized spacial score (nSPS) is 9.75. The Labute approximate surface area is 114 Å². The summed E-state index contributed by atoms with van der Waals surface area (Å²) in [5.41, 5.74) is 0.483. The van der Waals surface area contributed by atoms with Crippen molar-refractivity contribution in [2.75, 3.05) is 31.0 Å². The monoisotopic (exact) mass is 282 g/mol. The van der Waals surface area contributed by atoms with Gasteiger partial charge in [-0.1, -0.05) is 0 Å². The number of amides is 2. The first-order chi connectivity index (χ1) is 9.49. The molecule has 20 heavy (non-hydrogen) atoms. The quantitative estimate of drug-likeness (QED) is 0.531. The third kappa shape index (κ3) is 4.34. The van der Waals surface area contributed by atoms with E-state index < -0.39 is 31.0 Å². The van der Waals surface area contributed by atoms with E-state index in [9.17, 15) is 14.4 Å². The third-order valence-corrected chi connectivity index (χ3v) is 2.21. The van der Waals surface area contributed by atoms with E-state index in [1.165, 1.54) is 25.3 Å². The summed E-state index contributed by atoms with van der Waals surface area (Å²) in [5.74, 6) is -2.01. The van der Waals surface area contributed by atoms with E-state index in [4.69, 9.17) is 10.2 Å². The van der Waals surface area contributed by atoms with E-state index >= 15 is 0 Å². The molecular weight excluding hydrogens is 268 g/mol. The van der Waals surface area contributed by atoms with Crippen molar-refractivity contribution < 1.29 is 29.3 Å². The summed E-state index contributed by atoms with van der Waals surface area (Å²) in [6.07, 6.45) is 0. The Balaban J connectivity index is 3.10. The fourth-order valence-electron chi connectivity index (χ4n) is 1.41. The molecule has 0 fully saturated rings. The highest BCUT2D eigenvalue weighted by Crippen LogP contribution is 2.20. The summed E-state index contributed by atoms with van der Waals surface area (Å²) >= 11 is 0. The molecule has 0 aliphatic carbocycles. The molecule has 0 atom stereocenters. The van der Waals surface area contributed by atoms with Gasteiger partial charge in [0, 0.05) is 11.4 Å². The molecule has 8 nitrogen and oxygen atoms in total. The summed E-state index contributed by atoms with van der Waals surface area (Å²) < 4.78 is 4.55. The van der Waals surface area contributed by atoms with Gasteiger partial charge < -0.3 is 25.6 Å². The molecule has 108 valence electrons. The molecule has 0 unspecified atom stereocenters. The van der Waals surface area contributed by atoms with Crippen LogP contribution in [0.5, 0.6) is 0 Å². The van der Waals surface area contributed by atoms with Gasteiger partial charge in [0.2, 0.25) is 11.8 Å². The summed E-state index contributed by atoms with van der Waals surface area (Å²) in [5, 5.41) is 22.0. The number of carbonyl (C=O) groups is 3. The molecule has 0 heterocycles. The summed E-state index contributed by atoms with van der Waals surface area (Å²) in [7, 11) is 1.19. The molecular formula is C12H14N2O6. The van der Waals surface area contributed by atoms with Gasteiger partial charge in [0.25, 0.3) is 0 Å². The number of nitrogens with one attached hydrogen (secondary N) is 2. The summed E-state index contributed by atoms with van der Waals surface area (Å²) in [6.45, 7) is -1.44. The van der Waals surface area contributed by atoms with Gasteiger partial charge in [0.1, 0.15) is 13.2 Å². The van der Waals surface area contributed by atoms with Crippen molar-refractivity contribution in [2.24, 2.45) is 0 Å². The van der Waals surface area contributed by atoms with Crippen molar-refractivity contribution in [3.8, 4) is 0 Å². The fourth-order valence-corrected chi connectivity index (χ4v) is 1.41. The molecule has 0 aliphatic heterocycles. The first kappa shape index (κ1) is 15.6. The van der Waals surface area contributed by atoms with Crippen LogP contribution in [0.3, 0.4) is 0 Å². The molecule has 1 aromatic carbocycles. The first-order valence-corrected chi connectivity index (χ1v) is 5.55. The van der Waals surface area contributed by atoms with Crippen molar-refractivity contribution >= 4 is 29.2 Å². The van der Waals surface area contributed by atoms with E-state index in [1.54, 1.807) is 0 Å². The molecule has 4 N–H and O–H groups in total. The van der Waals surface area contributed by atoms with Gasteiger partial charge in [-0.3, -0.25) is 9.59 Å². The number of rotatable bonds is 5. The lowest BCUT2D eigenvalue weighted by Crippen LogP contribution is -2.18. The second kappa shape index (κ2) is 7.22. The van der Waals surface area contributed by atoms with Crippen LogP contribution in [0.4, 0.5) is 11.4 Å². The maximum atomic E-state index is 11.5. The minimum Gasteiger partial charge on any atom is -0.465 e. The largest absolute Gasteiger partial charge is 0.465 e. The highest BCUT2D eigenvalue weighted by atomic mass is 16.5. The average molecular weight is 282 g/mol. The van der Waals surface area contributed by atoms with Gasteiger partial charge in [-0.25, -0.2) is 4.79 Å². The number of hydrogen-bond acceptors (Lipinski definition) is 6. The molecule has 0 aliphatic rings. The number of aliphatic hydroxyl groups is 2. The van der Waals surface area contributed by atoms with E-state index in [0.717, 1.165) is 0 Å². The lowest BCUT2D eigenvalue weighted by Gasteiger charge is -2.10. The number of hydrogen-bond donors (Lipinski definition) is 4. The van der Waals surface area contributed by atoms with E-state index in [2.05, 4.69) is 15.4 Å². The number of anilines is 2. The smallest absolute Gasteiger partial charge is 0.337 e. The highest BCUT2D eigenvalue weighted by molar-refractivity contribution is 5.98. The Hall–Kier alpha value is -2.45. The van der Waals surface area contributed by atoms with Crippen LogP contribution in [0.15, 0.2) is 18.2 Å². The van der Waals surface area contributed by atoms with Crippen LogP contribution in [0.1, 0.15) is 10.4 Å². The van der Waals surface area contributed by atoms with Crippen molar-refractivity contribution in [1.29, 1.82) is 0 Å². The van der Waals surface area contributed by atoms with Crippen LogP contribution in [-0.2, 0) is 14.3 Å². The van der Waals surface area contributed by atoms with E-state index in [1.807, 2.05) is 0 Å². The zero-order chi connectivity index (χ0) is 15.1. The minimum atomic E-state index is -0.721. The van der Waals surface area contributed by atoms with Crippen LogP contribution < -0.4 is 10.6 Å². The second-order valence-corrected chi connectivity index (χ2v) is 3.70. The van der Waals surface area contributed by atoms with Gasteiger partial charge >= 0.3 is 5.97 Å². The predicted molar refractivity (Wildman–Crippen MR) is 69.2 cm³/mol. The van der Waals surface area contributed by atoms with Crippen LogP contribution in [0.25, 0.3) is 0 Å². The van der Waals surface area contributed by atoms with Gasteiger partial charge in [-0.15, -0.1) is 0 Å². The molecule has 0 radical (unpaired) electrons. The van der Waals surface area contributed by atoms with Crippen molar-refractivity contribution in [2.45, 2.75) is 0 Å².